The molecule has 1 aromatic heterocycles. The molecule has 2 aromatic carbocycles. The van der Waals surface area contributed by atoms with E-state index in [9.17, 15) is 14.7 Å². The van der Waals surface area contributed by atoms with Crippen LogP contribution >= 0.6 is 15.9 Å². The number of hydrogen-bond acceptors (Lipinski definition) is 5. The van der Waals surface area contributed by atoms with Crippen LogP contribution in [0, 0.1) is 0 Å². The van der Waals surface area contributed by atoms with Gasteiger partial charge in [-0.3, -0.25) is 9.59 Å². The van der Waals surface area contributed by atoms with Gasteiger partial charge in [0.2, 0.25) is 0 Å². The van der Waals surface area contributed by atoms with Crippen molar-refractivity contribution in [1.29, 1.82) is 0 Å². The Morgan fingerprint density at radius 3 is 2.47 bits per heavy atom. The van der Waals surface area contributed by atoms with Crippen molar-refractivity contribution in [1.82, 2.24) is 4.98 Å². The van der Waals surface area contributed by atoms with Gasteiger partial charge in [-0.1, -0.05) is 54.6 Å². The van der Waals surface area contributed by atoms with Crippen LogP contribution in [0.1, 0.15) is 41.5 Å². The highest BCUT2D eigenvalue weighted by molar-refractivity contribution is 9.10. The molecule has 0 amide bonds. The summed E-state index contributed by atoms with van der Waals surface area (Å²) in [6.45, 7) is 1.97. The van der Waals surface area contributed by atoms with Gasteiger partial charge in [0.1, 0.15) is 5.69 Å². The van der Waals surface area contributed by atoms with Crippen molar-refractivity contribution in [2.24, 2.45) is 0 Å². The van der Waals surface area contributed by atoms with Crippen molar-refractivity contribution in [2.75, 3.05) is 6.61 Å². The van der Waals surface area contributed by atoms with Crippen molar-refractivity contribution in [3.63, 3.8) is 0 Å². The molecule has 30 heavy (non-hydrogen) atoms. The maximum Gasteiger partial charge on any atom is 0.306 e. The lowest BCUT2D eigenvalue weighted by molar-refractivity contribution is -0.143. The standard InChI is InChI=1S/C24H22BrNO4/c1-2-30-22(28)13-12-21(27)23-24(29)20(25)15-18(26-23)14-17-10-6-7-11-19(17)16-8-4-3-5-9-16/h3-11,15,29H,2,12-14H2,1H3. The largest absolute Gasteiger partial charge is 0.504 e. The minimum atomic E-state index is -0.447. The molecule has 0 saturated heterocycles. The molecule has 0 radical (unpaired) electrons. The second-order valence-corrected chi connectivity index (χ2v) is 7.58. The first-order valence-corrected chi connectivity index (χ1v) is 10.5. The van der Waals surface area contributed by atoms with Crippen LogP contribution in [0.5, 0.6) is 5.75 Å². The van der Waals surface area contributed by atoms with E-state index in [1.54, 1.807) is 13.0 Å². The van der Waals surface area contributed by atoms with Crippen LogP contribution in [0.4, 0.5) is 0 Å². The van der Waals surface area contributed by atoms with Crippen LogP contribution < -0.4 is 0 Å². The zero-order valence-corrected chi connectivity index (χ0v) is 18.2. The number of halogens is 1. The number of rotatable bonds is 8. The Labute approximate surface area is 183 Å². The third-order valence-corrected chi connectivity index (χ3v) is 5.20. The van der Waals surface area contributed by atoms with Crippen molar-refractivity contribution < 1.29 is 19.4 Å². The van der Waals surface area contributed by atoms with Gasteiger partial charge in [0.25, 0.3) is 0 Å². The first-order valence-electron chi connectivity index (χ1n) is 9.70. The summed E-state index contributed by atoms with van der Waals surface area (Å²) in [4.78, 5) is 28.5. The molecule has 0 saturated carbocycles. The van der Waals surface area contributed by atoms with Gasteiger partial charge in [0.15, 0.2) is 11.5 Å². The van der Waals surface area contributed by atoms with Gasteiger partial charge in [-0.25, -0.2) is 4.98 Å². The molecule has 154 valence electrons. The zero-order chi connectivity index (χ0) is 21.5. The molecule has 0 unspecified atom stereocenters. The van der Waals surface area contributed by atoms with E-state index in [2.05, 4.69) is 20.9 Å². The van der Waals surface area contributed by atoms with Gasteiger partial charge in [-0.05, 0) is 45.6 Å². The van der Waals surface area contributed by atoms with Crippen LogP contribution in [0.3, 0.4) is 0 Å². The fourth-order valence-corrected chi connectivity index (χ4v) is 3.63. The van der Waals surface area contributed by atoms with Crippen LogP contribution in [-0.4, -0.2) is 28.4 Å². The van der Waals surface area contributed by atoms with Crippen molar-refractivity contribution >= 4 is 27.7 Å². The fourth-order valence-electron chi connectivity index (χ4n) is 3.18. The normalized spacial score (nSPS) is 10.6. The Morgan fingerprint density at radius 1 is 1.03 bits per heavy atom. The third-order valence-electron chi connectivity index (χ3n) is 4.60. The average Bonchev–Trinajstić information content (AvgIpc) is 2.75. The number of ketones is 1. The molecule has 3 rings (SSSR count). The predicted molar refractivity (Wildman–Crippen MR) is 118 cm³/mol. The van der Waals surface area contributed by atoms with Crippen molar-refractivity contribution in [2.45, 2.75) is 26.2 Å². The highest BCUT2D eigenvalue weighted by Gasteiger charge is 2.19. The molecule has 0 spiro atoms. The molecule has 0 atom stereocenters. The van der Waals surface area contributed by atoms with E-state index in [0.717, 1.165) is 16.7 Å². The predicted octanol–water partition coefficient (Wildman–Crippen LogP) is 5.33. The minimum absolute atomic E-state index is 0.0409. The quantitative estimate of drug-likeness (QED) is 0.357. The number of ether oxygens (including phenoxy) is 1. The number of aromatic hydroxyl groups is 1. The minimum Gasteiger partial charge on any atom is -0.504 e. The number of Topliss-reactive ketones (excluding diaryl/α,β-unsaturated/α-hetero) is 1. The summed E-state index contributed by atoms with van der Waals surface area (Å²) in [5.41, 5.74) is 3.83. The number of aromatic nitrogens is 1. The summed E-state index contributed by atoms with van der Waals surface area (Å²) in [6, 6.07) is 19.8. The van der Waals surface area contributed by atoms with Gasteiger partial charge >= 0.3 is 5.97 Å². The summed E-state index contributed by atoms with van der Waals surface area (Å²) < 4.78 is 5.25. The molecule has 1 heterocycles. The van der Waals surface area contributed by atoms with Crippen LogP contribution in [0.25, 0.3) is 11.1 Å². The summed E-state index contributed by atoms with van der Waals surface area (Å²) >= 11 is 3.31. The van der Waals surface area contributed by atoms with E-state index in [1.165, 1.54) is 0 Å². The Kier molecular flexibility index (Phi) is 7.36. The van der Waals surface area contributed by atoms with Crippen molar-refractivity contribution in [3.8, 4) is 16.9 Å². The Hall–Kier alpha value is -2.99. The Bertz CT molecular complexity index is 1050. The monoisotopic (exact) mass is 467 g/mol. The SMILES string of the molecule is CCOC(=O)CCC(=O)c1nc(Cc2ccccc2-c2ccccc2)cc(Br)c1O. The molecule has 6 heteroatoms. The highest BCUT2D eigenvalue weighted by atomic mass is 79.9. The number of esters is 1. The third kappa shape index (κ3) is 5.33. The lowest BCUT2D eigenvalue weighted by Gasteiger charge is -2.12. The molecular weight excluding hydrogens is 446 g/mol. The second kappa shape index (κ2) is 10.2. The summed E-state index contributed by atoms with van der Waals surface area (Å²) in [5.74, 6) is -1.07. The van der Waals surface area contributed by atoms with Gasteiger partial charge in [0.05, 0.1) is 17.5 Å². The summed E-state index contributed by atoms with van der Waals surface area (Å²) in [7, 11) is 0. The first-order chi connectivity index (χ1) is 14.5. The van der Waals surface area contributed by atoms with E-state index in [-0.39, 0.29) is 30.9 Å². The number of hydrogen-bond donors (Lipinski definition) is 1. The fraction of sp³-hybridized carbons (Fsp3) is 0.208. The van der Waals surface area contributed by atoms with Gasteiger partial charge in [0, 0.05) is 18.5 Å². The number of carbonyl (C=O) groups is 2. The maximum atomic E-state index is 12.6. The average molecular weight is 468 g/mol. The highest BCUT2D eigenvalue weighted by Crippen LogP contribution is 2.31. The maximum absolute atomic E-state index is 12.6. The smallest absolute Gasteiger partial charge is 0.306 e. The molecule has 5 nitrogen and oxygen atoms in total. The lowest BCUT2D eigenvalue weighted by atomic mass is 9.96. The number of carbonyl (C=O) groups excluding carboxylic acids is 2. The van der Waals surface area contributed by atoms with Crippen LogP contribution in [0.2, 0.25) is 0 Å². The summed E-state index contributed by atoms with van der Waals surface area (Å²) in [6.07, 6.45) is 0.366. The first kappa shape index (κ1) is 21.7. The summed E-state index contributed by atoms with van der Waals surface area (Å²) in [5, 5.41) is 10.3. The van der Waals surface area contributed by atoms with Gasteiger partial charge in [-0.2, -0.15) is 0 Å². The molecule has 0 aliphatic rings. The van der Waals surface area contributed by atoms with E-state index in [4.69, 9.17) is 4.74 Å². The molecule has 1 N–H and O–H groups in total. The number of pyridine rings is 1. The Morgan fingerprint density at radius 2 is 1.73 bits per heavy atom. The van der Waals surface area contributed by atoms with Crippen molar-refractivity contribution in [3.05, 3.63) is 82.1 Å². The molecule has 0 bridgehead atoms. The van der Waals surface area contributed by atoms with Gasteiger partial charge in [-0.15, -0.1) is 0 Å². The van der Waals surface area contributed by atoms with E-state index in [1.807, 2.05) is 54.6 Å². The molecule has 0 aliphatic carbocycles. The van der Waals surface area contributed by atoms with E-state index in [0.29, 0.717) is 16.6 Å². The van der Waals surface area contributed by atoms with E-state index >= 15 is 0 Å². The molecule has 3 aromatic rings. The second-order valence-electron chi connectivity index (χ2n) is 6.72. The Balaban J connectivity index is 1.87. The van der Waals surface area contributed by atoms with E-state index < -0.39 is 11.8 Å². The topological polar surface area (TPSA) is 76.5 Å². The lowest BCUT2D eigenvalue weighted by Crippen LogP contribution is -2.10. The van der Waals surface area contributed by atoms with Crippen LogP contribution in [-0.2, 0) is 16.0 Å². The zero-order valence-electron chi connectivity index (χ0n) is 16.6. The van der Waals surface area contributed by atoms with Gasteiger partial charge < -0.3 is 9.84 Å². The molecular formula is C24H22BrNO4. The van der Waals surface area contributed by atoms with Crippen LogP contribution in [0.15, 0.2) is 65.1 Å². The number of nitrogens with zero attached hydrogens (tertiary/aromatic N) is 1. The molecule has 0 aliphatic heterocycles. The molecule has 0 fully saturated rings. The number of benzene rings is 2.